The van der Waals surface area contributed by atoms with Crippen LogP contribution in [0.3, 0.4) is 0 Å². The fraction of sp³-hybridized carbons (Fsp3) is 0.536. The first-order valence-corrected chi connectivity index (χ1v) is 12.9. The summed E-state index contributed by atoms with van der Waals surface area (Å²) >= 11 is 0. The highest BCUT2D eigenvalue weighted by Crippen LogP contribution is 2.19. The van der Waals surface area contributed by atoms with Crippen LogP contribution >= 0.6 is 0 Å². The third-order valence-corrected chi connectivity index (χ3v) is 6.98. The van der Waals surface area contributed by atoms with Crippen molar-refractivity contribution in [1.82, 2.24) is 15.1 Å². The van der Waals surface area contributed by atoms with Gasteiger partial charge >= 0.3 is 0 Å². The lowest BCUT2D eigenvalue weighted by atomic mass is 9.96. The topological polar surface area (TPSA) is 82.9 Å². The normalized spacial score (nSPS) is 17.7. The number of nitrogens with zero attached hydrogens (tertiary/aromatic N) is 2. The molecule has 3 rings (SSSR count). The zero-order valence-corrected chi connectivity index (χ0v) is 21.5. The van der Waals surface area contributed by atoms with E-state index in [0.717, 1.165) is 19.3 Å². The Morgan fingerprint density at radius 1 is 1.09 bits per heavy atom. The van der Waals surface area contributed by atoms with E-state index in [1.54, 1.807) is 21.9 Å². The van der Waals surface area contributed by atoms with Crippen molar-refractivity contribution in [2.45, 2.75) is 71.9 Å². The molecule has 1 fully saturated rings. The Kier molecular flexibility index (Phi) is 9.52. The predicted octanol–water partition coefficient (Wildman–Crippen LogP) is 4.53. The van der Waals surface area contributed by atoms with Crippen molar-refractivity contribution in [2.75, 3.05) is 19.6 Å². The van der Waals surface area contributed by atoms with Crippen LogP contribution in [0.2, 0.25) is 0 Å². The van der Waals surface area contributed by atoms with Gasteiger partial charge in [-0.15, -0.1) is 0 Å². The summed E-state index contributed by atoms with van der Waals surface area (Å²) in [4.78, 5) is 42.7. The van der Waals surface area contributed by atoms with E-state index in [-0.39, 0.29) is 29.7 Å². The van der Waals surface area contributed by atoms with Gasteiger partial charge in [0.2, 0.25) is 5.91 Å². The third-order valence-electron chi connectivity index (χ3n) is 6.98. The molecule has 7 nitrogen and oxygen atoms in total. The molecular formula is C28H39N3O4. The molecular weight excluding hydrogens is 442 g/mol. The van der Waals surface area contributed by atoms with Gasteiger partial charge in [-0.05, 0) is 55.5 Å². The summed E-state index contributed by atoms with van der Waals surface area (Å²) in [5.74, 6) is -0.209. The molecule has 7 heteroatoms. The monoisotopic (exact) mass is 481 g/mol. The Bertz CT molecular complexity index is 971. The van der Waals surface area contributed by atoms with Crippen LogP contribution in [0.15, 0.2) is 47.1 Å². The number of furan rings is 1. The average molecular weight is 482 g/mol. The maximum atomic E-state index is 13.5. The Morgan fingerprint density at radius 3 is 2.43 bits per heavy atom. The van der Waals surface area contributed by atoms with E-state index >= 15 is 0 Å². The van der Waals surface area contributed by atoms with Crippen molar-refractivity contribution in [3.8, 4) is 0 Å². The maximum absolute atomic E-state index is 13.5. The second-order valence-corrected chi connectivity index (χ2v) is 9.60. The number of hydrogen-bond donors (Lipinski definition) is 1. The molecule has 1 aromatic heterocycles. The van der Waals surface area contributed by atoms with Crippen LogP contribution in [0.4, 0.5) is 0 Å². The number of piperazine rings is 1. The summed E-state index contributed by atoms with van der Waals surface area (Å²) in [5, 5.41) is 3.00. The Labute approximate surface area is 208 Å². The summed E-state index contributed by atoms with van der Waals surface area (Å²) < 4.78 is 5.25. The lowest BCUT2D eigenvalue weighted by Gasteiger charge is -2.41. The number of aryl methyl sites for hydroxylation is 1. The van der Waals surface area contributed by atoms with Gasteiger partial charge < -0.3 is 19.5 Å². The number of carbonyl (C=O) groups is 3. The van der Waals surface area contributed by atoms with Gasteiger partial charge in [0.05, 0.1) is 6.26 Å². The summed E-state index contributed by atoms with van der Waals surface area (Å²) in [5.41, 5.74) is 1.79. The number of benzene rings is 1. The van der Waals surface area contributed by atoms with Crippen molar-refractivity contribution in [3.05, 3.63) is 59.5 Å². The van der Waals surface area contributed by atoms with E-state index < -0.39 is 6.04 Å². The van der Waals surface area contributed by atoms with Crippen molar-refractivity contribution in [1.29, 1.82) is 0 Å². The van der Waals surface area contributed by atoms with Crippen LogP contribution in [-0.4, -0.2) is 59.2 Å². The highest BCUT2D eigenvalue weighted by Gasteiger charge is 2.36. The van der Waals surface area contributed by atoms with Gasteiger partial charge in [0.15, 0.2) is 5.76 Å². The van der Waals surface area contributed by atoms with Crippen LogP contribution < -0.4 is 5.32 Å². The quantitative estimate of drug-likeness (QED) is 0.506. The molecule has 0 bridgehead atoms. The molecule has 1 saturated heterocycles. The first kappa shape index (κ1) is 26.5. The molecule has 1 aliphatic rings. The highest BCUT2D eigenvalue weighted by atomic mass is 16.3. The second kappa shape index (κ2) is 12.6. The van der Waals surface area contributed by atoms with Gasteiger partial charge in [-0.25, -0.2) is 0 Å². The smallest absolute Gasteiger partial charge is 0.289 e. The van der Waals surface area contributed by atoms with Crippen molar-refractivity contribution in [3.63, 3.8) is 0 Å². The lowest BCUT2D eigenvalue weighted by molar-refractivity contribution is -0.137. The fourth-order valence-electron chi connectivity index (χ4n) is 4.51. The molecule has 0 spiro atoms. The van der Waals surface area contributed by atoms with E-state index in [2.05, 4.69) is 12.2 Å². The van der Waals surface area contributed by atoms with E-state index in [1.165, 1.54) is 24.7 Å². The third kappa shape index (κ3) is 6.74. The largest absolute Gasteiger partial charge is 0.459 e. The SMILES string of the molecule is CCCCCc1ccc(C(=O)NC(C(=O)N2CCN(C(=O)c3ccco3)C(C)C2)C(C)CC)cc1. The van der Waals surface area contributed by atoms with E-state index in [0.29, 0.717) is 31.0 Å². The summed E-state index contributed by atoms with van der Waals surface area (Å²) in [6.07, 6.45) is 6.78. The zero-order chi connectivity index (χ0) is 25.4. The molecule has 3 unspecified atom stereocenters. The molecule has 190 valence electrons. The number of amides is 3. The fourth-order valence-corrected chi connectivity index (χ4v) is 4.51. The van der Waals surface area contributed by atoms with Crippen LogP contribution in [0, 0.1) is 5.92 Å². The minimum absolute atomic E-state index is 0.0159. The molecule has 0 radical (unpaired) electrons. The second-order valence-electron chi connectivity index (χ2n) is 9.60. The van der Waals surface area contributed by atoms with Crippen molar-refractivity contribution in [2.24, 2.45) is 5.92 Å². The zero-order valence-electron chi connectivity index (χ0n) is 21.5. The standard InChI is InChI=1S/C28H39N3O4/c1-5-7-8-10-22-12-14-23(15-13-22)26(32)29-25(20(3)6-2)28(34)30-16-17-31(21(4)19-30)27(33)24-11-9-18-35-24/h9,11-15,18,20-21,25H,5-8,10,16-17,19H2,1-4H3,(H,29,32). The van der Waals surface area contributed by atoms with Gasteiger partial charge in [0.25, 0.3) is 11.8 Å². The molecule has 0 saturated carbocycles. The average Bonchev–Trinajstić information content (AvgIpc) is 3.41. The van der Waals surface area contributed by atoms with Gasteiger partial charge in [-0.3, -0.25) is 14.4 Å². The van der Waals surface area contributed by atoms with Gasteiger partial charge in [-0.2, -0.15) is 0 Å². The minimum atomic E-state index is -0.615. The lowest BCUT2D eigenvalue weighted by Crippen LogP contribution is -2.60. The number of nitrogens with one attached hydrogen (secondary N) is 1. The van der Waals surface area contributed by atoms with E-state index in [1.807, 2.05) is 45.0 Å². The molecule has 3 amide bonds. The Balaban J connectivity index is 1.63. The molecule has 1 N–H and O–H groups in total. The number of carbonyl (C=O) groups excluding carboxylic acids is 3. The minimum Gasteiger partial charge on any atom is -0.459 e. The van der Waals surface area contributed by atoms with Crippen LogP contribution in [0.5, 0.6) is 0 Å². The molecule has 35 heavy (non-hydrogen) atoms. The van der Waals surface area contributed by atoms with Crippen molar-refractivity contribution >= 4 is 17.7 Å². The molecule has 3 atom stereocenters. The van der Waals surface area contributed by atoms with E-state index in [4.69, 9.17) is 4.42 Å². The predicted molar refractivity (Wildman–Crippen MR) is 136 cm³/mol. The van der Waals surface area contributed by atoms with Gasteiger partial charge in [-0.1, -0.05) is 52.2 Å². The maximum Gasteiger partial charge on any atom is 0.289 e. The first-order valence-electron chi connectivity index (χ1n) is 12.9. The van der Waals surface area contributed by atoms with Crippen LogP contribution in [0.25, 0.3) is 0 Å². The number of unbranched alkanes of at least 4 members (excludes halogenated alkanes) is 2. The summed E-state index contributed by atoms with van der Waals surface area (Å²) in [6.45, 7) is 9.38. The first-order chi connectivity index (χ1) is 16.8. The van der Waals surface area contributed by atoms with E-state index in [9.17, 15) is 14.4 Å². The van der Waals surface area contributed by atoms with Crippen molar-refractivity contribution < 1.29 is 18.8 Å². The highest BCUT2D eigenvalue weighted by molar-refractivity contribution is 5.98. The Hall–Kier alpha value is -3.09. The van der Waals surface area contributed by atoms with Crippen LogP contribution in [-0.2, 0) is 11.2 Å². The molecule has 1 aromatic carbocycles. The Morgan fingerprint density at radius 2 is 1.83 bits per heavy atom. The molecule has 2 aromatic rings. The molecule has 1 aliphatic heterocycles. The summed E-state index contributed by atoms with van der Waals surface area (Å²) in [6, 6.07) is 10.3. The van der Waals surface area contributed by atoms with Gasteiger partial charge in [0, 0.05) is 31.2 Å². The number of rotatable bonds is 10. The molecule has 2 heterocycles. The molecule has 0 aliphatic carbocycles. The summed E-state index contributed by atoms with van der Waals surface area (Å²) in [7, 11) is 0. The number of hydrogen-bond acceptors (Lipinski definition) is 4. The van der Waals surface area contributed by atoms with Crippen LogP contribution in [0.1, 0.15) is 79.9 Å². The van der Waals surface area contributed by atoms with Gasteiger partial charge in [0.1, 0.15) is 6.04 Å².